The molecule has 1 saturated carbocycles. The van der Waals surface area contributed by atoms with E-state index in [0.717, 1.165) is 12.8 Å². The minimum Gasteiger partial charge on any atom is -0.298 e. The number of carbonyl (C=O) groups is 1. The molecule has 0 radical (unpaired) electrons. The highest BCUT2D eigenvalue weighted by Crippen LogP contribution is 2.37. The van der Waals surface area contributed by atoms with Crippen molar-refractivity contribution < 1.29 is 4.79 Å². The van der Waals surface area contributed by atoms with Crippen LogP contribution in [0.4, 0.5) is 0 Å². The van der Waals surface area contributed by atoms with Crippen LogP contribution >= 0.6 is 11.8 Å². The maximum Gasteiger partial charge on any atom is 0.148 e. The van der Waals surface area contributed by atoms with Crippen LogP contribution in [0.5, 0.6) is 0 Å². The van der Waals surface area contributed by atoms with Gasteiger partial charge in [-0.25, -0.2) is 0 Å². The van der Waals surface area contributed by atoms with Crippen molar-refractivity contribution in [3.8, 4) is 0 Å². The van der Waals surface area contributed by atoms with Gasteiger partial charge < -0.3 is 0 Å². The molecular formula is C10H18OS. The lowest BCUT2D eigenvalue weighted by molar-refractivity contribution is -0.126. The van der Waals surface area contributed by atoms with Crippen molar-refractivity contribution in [1.29, 1.82) is 0 Å². The van der Waals surface area contributed by atoms with Gasteiger partial charge in [0.1, 0.15) is 5.78 Å². The van der Waals surface area contributed by atoms with Gasteiger partial charge in [-0.3, -0.25) is 4.79 Å². The summed E-state index contributed by atoms with van der Waals surface area (Å²) >= 11 is 1.65. The van der Waals surface area contributed by atoms with Crippen LogP contribution < -0.4 is 0 Å². The summed E-state index contributed by atoms with van der Waals surface area (Å²) in [6, 6.07) is 0. The number of Topliss-reactive ketones (excluding diaryl/α,β-unsaturated/α-hetero) is 1. The Bertz CT molecular complexity index is 159. The van der Waals surface area contributed by atoms with Gasteiger partial charge in [-0.15, -0.1) is 0 Å². The van der Waals surface area contributed by atoms with Crippen molar-refractivity contribution in [2.24, 2.45) is 5.41 Å². The summed E-state index contributed by atoms with van der Waals surface area (Å²) in [7, 11) is 0. The normalized spacial score (nSPS) is 22.2. The molecule has 70 valence electrons. The third kappa shape index (κ3) is 2.25. The SMILES string of the molecule is CSCC(=O)C1(C)CCCCC1. The molecule has 0 saturated heterocycles. The van der Waals surface area contributed by atoms with E-state index >= 15 is 0 Å². The maximum atomic E-state index is 11.7. The lowest BCUT2D eigenvalue weighted by Crippen LogP contribution is -2.31. The maximum absolute atomic E-state index is 11.7. The van der Waals surface area contributed by atoms with E-state index in [1.807, 2.05) is 6.26 Å². The van der Waals surface area contributed by atoms with Gasteiger partial charge in [0.25, 0.3) is 0 Å². The predicted molar refractivity (Wildman–Crippen MR) is 54.6 cm³/mol. The minimum absolute atomic E-state index is 0.0290. The standard InChI is InChI=1S/C10H18OS/c1-10(9(11)8-12-2)6-4-3-5-7-10/h3-8H2,1-2H3. The van der Waals surface area contributed by atoms with Crippen molar-refractivity contribution in [2.75, 3.05) is 12.0 Å². The van der Waals surface area contributed by atoms with Crippen molar-refractivity contribution in [1.82, 2.24) is 0 Å². The largest absolute Gasteiger partial charge is 0.298 e. The number of rotatable bonds is 3. The molecule has 0 atom stereocenters. The highest BCUT2D eigenvalue weighted by Gasteiger charge is 2.33. The summed E-state index contributed by atoms with van der Waals surface area (Å²) < 4.78 is 0. The summed E-state index contributed by atoms with van der Waals surface area (Å²) in [5.74, 6) is 1.17. The first-order valence-corrected chi connectivity index (χ1v) is 6.11. The van der Waals surface area contributed by atoms with Gasteiger partial charge >= 0.3 is 0 Å². The summed E-state index contributed by atoms with van der Waals surface area (Å²) in [5.41, 5.74) is 0.0290. The second kappa shape index (κ2) is 4.31. The Morgan fingerprint density at radius 3 is 2.42 bits per heavy atom. The lowest BCUT2D eigenvalue weighted by atomic mass is 9.73. The Labute approximate surface area is 79.3 Å². The molecule has 0 N–H and O–H groups in total. The number of ketones is 1. The van der Waals surface area contributed by atoms with Gasteiger partial charge in [0.05, 0.1) is 5.75 Å². The number of thioether (sulfide) groups is 1. The summed E-state index contributed by atoms with van der Waals surface area (Å²) in [6.45, 7) is 2.14. The number of hydrogen-bond donors (Lipinski definition) is 0. The van der Waals surface area contributed by atoms with Crippen LogP contribution in [-0.4, -0.2) is 17.8 Å². The smallest absolute Gasteiger partial charge is 0.148 e. The number of carbonyl (C=O) groups excluding carboxylic acids is 1. The summed E-state index contributed by atoms with van der Waals surface area (Å²) in [6.07, 6.45) is 8.05. The fourth-order valence-corrected chi connectivity index (χ4v) is 2.53. The van der Waals surface area contributed by atoms with E-state index in [4.69, 9.17) is 0 Å². The molecule has 0 aliphatic heterocycles. The first-order chi connectivity index (χ1) is 5.69. The van der Waals surface area contributed by atoms with E-state index in [2.05, 4.69) is 6.92 Å². The third-order valence-corrected chi connectivity index (χ3v) is 3.46. The van der Waals surface area contributed by atoms with E-state index < -0.39 is 0 Å². The Morgan fingerprint density at radius 2 is 1.92 bits per heavy atom. The van der Waals surface area contributed by atoms with E-state index in [1.165, 1.54) is 19.3 Å². The second-order valence-corrected chi connectivity index (χ2v) is 4.84. The second-order valence-electron chi connectivity index (χ2n) is 3.98. The molecule has 0 aromatic heterocycles. The molecule has 0 heterocycles. The fourth-order valence-electron chi connectivity index (χ4n) is 1.92. The highest BCUT2D eigenvalue weighted by atomic mass is 32.2. The van der Waals surface area contributed by atoms with E-state index in [-0.39, 0.29) is 5.41 Å². The molecule has 0 unspecified atom stereocenters. The first-order valence-electron chi connectivity index (χ1n) is 4.71. The molecule has 0 aromatic carbocycles. The topological polar surface area (TPSA) is 17.1 Å². The fraction of sp³-hybridized carbons (Fsp3) is 0.900. The number of hydrogen-bond acceptors (Lipinski definition) is 2. The molecule has 0 amide bonds. The van der Waals surface area contributed by atoms with Gasteiger partial charge in [-0.1, -0.05) is 26.2 Å². The van der Waals surface area contributed by atoms with Crippen LogP contribution in [0.3, 0.4) is 0 Å². The summed E-state index contributed by atoms with van der Waals surface area (Å²) in [4.78, 5) is 11.7. The molecule has 1 aliphatic carbocycles. The first kappa shape index (κ1) is 10.1. The zero-order valence-corrected chi connectivity index (χ0v) is 8.88. The van der Waals surface area contributed by atoms with Gasteiger partial charge in [0.2, 0.25) is 0 Å². The lowest BCUT2D eigenvalue weighted by Gasteiger charge is -2.31. The van der Waals surface area contributed by atoms with Crippen LogP contribution in [-0.2, 0) is 4.79 Å². The third-order valence-electron chi connectivity index (χ3n) is 2.91. The average molecular weight is 186 g/mol. The molecule has 0 bridgehead atoms. The Hall–Kier alpha value is 0.0200. The zero-order valence-electron chi connectivity index (χ0n) is 8.06. The van der Waals surface area contributed by atoms with Crippen LogP contribution in [0.2, 0.25) is 0 Å². The molecule has 2 heteroatoms. The molecular weight excluding hydrogens is 168 g/mol. The molecule has 1 aliphatic rings. The van der Waals surface area contributed by atoms with E-state index in [0.29, 0.717) is 11.5 Å². The highest BCUT2D eigenvalue weighted by molar-refractivity contribution is 7.99. The predicted octanol–water partition coefficient (Wildman–Crippen LogP) is 2.89. The van der Waals surface area contributed by atoms with Crippen molar-refractivity contribution in [3.05, 3.63) is 0 Å². The molecule has 0 spiro atoms. The van der Waals surface area contributed by atoms with Gasteiger partial charge in [0, 0.05) is 5.41 Å². The minimum atomic E-state index is 0.0290. The van der Waals surface area contributed by atoms with Crippen LogP contribution in [0.25, 0.3) is 0 Å². The van der Waals surface area contributed by atoms with Crippen molar-refractivity contribution in [3.63, 3.8) is 0 Å². The van der Waals surface area contributed by atoms with Crippen molar-refractivity contribution >= 4 is 17.5 Å². The zero-order chi connectivity index (χ0) is 9.03. The monoisotopic (exact) mass is 186 g/mol. The van der Waals surface area contributed by atoms with Crippen molar-refractivity contribution in [2.45, 2.75) is 39.0 Å². The molecule has 12 heavy (non-hydrogen) atoms. The Kier molecular flexibility index (Phi) is 3.63. The van der Waals surface area contributed by atoms with Crippen LogP contribution in [0.15, 0.2) is 0 Å². The molecule has 1 fully saturated rings. The van der Waals surface area contributed by atoms with Crippen LogP contribution in [0.1, 0.15) is 39.0 Å². The van der Waals surface area contributed by atoms with Crippen LogP contribution in [0, 0.1) is 5.41 Å². The molecule has 1 rings (SSSR count). The van der Waals surface area contributed by atoms with E-state index in [1.54, 1.807) is 11.8 Å². The molecule has 0 aromatic rings. The quantitative estimate of drug-likeness (QED) is 0.674. The van der Waals surface area contributed by atoms with E-state index in [9.17, 15) is 4.79 Å². The average Bonchev–Trinajstić information content (AvgIpc) is 2.06. The van der Waals surface area contributed by atoms with Gasteiger partial charge in [0.15, 0.2) is 0 Å². The van der Waals surface area contributed by atoms with Gasteiger partial charge in [-0.2, -0.15) is 11.8 Å². The van der Waals surface area contributed by atoms with Gasteiger partial charge in [-0.05, 0) is 19.1 Å². The Balaban J connectivity index is 2.50. The Morgan fingerprint density at radius 1 is 1.33 bits per heavy atom. The summed E-state index contributed by atoms with van der Waals surface area (Å²) in [5, 5.41) is 0. The molecule has 1 nitrogen and oxygen atoms in total.